The molecule has 1 saturated carbocycles. The first-order valence-electron chi connectivity index (χ1n) is 11.9. The molecule has 9 nitrogen and oxygen atoms in total. The van der Waals surface area contributed by atoms with Crippen molar-refractivity contribution in [1.82, 2.24) is 5.32 Å². The summed E-state index contributed by atoms with van der Waals surface area (Å²) in [6.45, 7) is 1.60. The number of carbonyl (C=O) groups excluding carboxylic acids is 1. The van der Waals surface area contributed by atoms with Gasteiger partial charge in [0.05, 0.1) is 10.5 Å². The molecule has 0 atom stereocenters. The van der Waals surface area contributed by atoms with Gasteiger partial charge in [-0.3, -0.25) is 14.3 Å². The van der Waals surface area contributed by atoms with E-state index in [1.54, 1.807) is 19.1 Å². The highest BCUT2D eigenvalue weighted by Gasteiger charge is 2.34. The van der Waals surface area contributed by atoms with E-state index in [0.29, 0.717) is 43.4 Å². The normalized spacial score (nSPS) is 18.0. The third-order valence-corrected chi connectivity index (χ3v) is 7.98. The highest BCUT2D eigenvalue weighted by molar-refractivity contribution is 7.92. The van der Waals surface area contributed by atoms with Crippen LogP contribution in [-0.2, 0) is 16.2 Å². The molecular formula is C25H24F4N4O5S. The number of aryl methyl sites for hydroxylation is 1. The Morgan fingerprint density at radius 3 is 2.18 bits per heavy atom. The molecule has 1 aliphatic rings. The number of amides is 2. The second kappa shape index (κ2) is 10.7. The van der Waals surface area contributed by atoms with Gasteiger partial charge in [-0.05, 0) is 62.4 Å². The quantitative estimate of drug-likeness (QED) is 0.251. The van der Waals surface area contributed by atoms with Gasteiger partial charge in [0, 0.05) is 17.8 Å². The second-order valence-electron chi connectivity index (χ2n) is 9.26. The van der Waals surface area contributed by atoms with Crippen LogP contribution >= 0.6 is 0 Å². The first-order valence-corrected chi connectivity index (χ1v) is 13.4. The lowest BCUT2D eigenvalue weighted by Gasteiger charge is -2.31. The number of rotatable bonds is 7. The summed E-state index contributed by atoms with van der Waals surface area (Å²) in [6, 6.07) is 6.93. The number of sulfonamides is 1. The summed E-state index contributed by atoms with van der Waals surface area (Å²) in [5.74, 6) is -1.45. The minimum absolute atomic E-state index is 0.0240. The SMILES string of the molecule is Cc1ccccc1S(=O)(=O)Nc1c(NC2CCC(NC(=O)Nc3ccc(F)c(C(F)(F)F)c3)CC2)c(=O)c1=O. The minimum atomic E-state index is -4.91. The number of anilines is 3. The molecule has 0 aliphatic heterocycles. The average molecular weight is 569 g/mol. The molecule has 208 valence electrons. The van der Waals surface area contributed by atoms with E-state index >= 15 is 0 Å². The maximum absolute atomic E-state index is 13.4. The number of hydrogen-bond donors (Lipinski definition) is 4. The van der Waals surface area contributed by atoms with Crippen LogP contribution in [0.25, 0.3) is 0 Å². The molecule has 0 bridgehead atoms. The number of halogens is 4. The lowest BCUT2D eigenvalue weighted by Crippen LogP contribution is -2.44. The fourth-order valence-corrected chi connectivity index (χ4v) is 5.76. The highest BCUT2D eigenvalue weighted by atomic mass is 32.2. The zero-order chi connectivity index (χ0) is 28.5. The van der Waals surface area contributed by atoms with Crippen molar-refractivity contribution in [3.8, 4) is 0 Å². The molecule has 0 unspecified atom stereocenters. The molecule has 14 heteroatoms. The van der Waals surface area contributed by atoms with Crippen molar-refractivity contribution < 1.29 is 30.8 Å². The Balaban J connectivity index is 1.33. The molecule has 3 aromatic rings. The zero-order valence-electron chi connectivity index (χ0n) is 20.5. The van der Waals surface area contributed by atoms with Gasteiger partial charge in [-0.2, -0.15) is 13.2 Å². The molecule has 4 rings (SSSR count). The first kappa shape index (κ1) is 28.1. The summed E-state index contributed by atoms with van der Waals surface area (Å²) in [5, 5.41) is 7.83. The van der Waals surface area contributed by atoms with Crippen molar-refractivity contribution >= 4 is 33.1 Å². The molecule has 1 aliphatic carbocycles. The molecule has 39 heavy (non-hydrogen) atoms. The Morgan fingerprint density at radius 1 is 0.923 bits per heavy atom. The van der Waals surface area contributed by atoms with Gasteiger partial charge in [0.25, 0.3) is 20.9 Å². The van der Waals surface area contributed by atoms with Gasteiger partial charge >= 0.3 is 12.2 Å². The molecule has 4 N–H and O–H groups in total. The molecular weight excluding hydrogens is 544 g/mol. The summed E-state index contributed by atoms with van der Waals surface area (Å²) in [6.07, 6.45) is -3.15. The Kier molecular flexibility index (Phi) is 7.68. The van der Waals surface area contributed by atoms with E-state index in [9.17, 15) is 40.4 Å². The van der Waals surface area contributed by atoms with E-state index in [1.807, 2.05) is 0 Å². The van der Waals surface area contributed by atoms with Gasteiger partial charge in [0.1, 0.15) is 17.2 Å². The van der Waals surface area contributed by atoms with Crippen LogP contribution in [0.15, 0.2) is 56.9 Å². The summed E-state index contributed by atoms with van der Waals surface area (Å²) >= 11 is 0. The third-order valence-electron chi connectivity index (χ3n) is 6.47. The molecule has 0 aromatic heterocycles. The summed E-state index contributed by atoms with van der Waals surface area (Å²) in [7, 11) is -4.10. The Hall–Kier alpha value is -3.94. The Labute approximate surface area is 220 Å². The predicted octanol–water partition coefficient (Wildman–Crippen LogP) is 4.09. The first-order chi connectivity index (χ1) is 18.3. The molecule has 0 radical (unpaired) electrons. The number of carbonyl (C=O) groups is 1. The van der Waals surface area contributed by atoms with E-state index in [4.69, 9.17) is 0 Å². The summed E-state index contributed by atoms with van der Waals surface area (Å²) in [5.41, 5.74) is -3.49. The van der Waals surface area contributed by atoms with E-state index in [2.05, 4.69) is 20.7 Å². The van der Waals surface area contributed by atoms with E-state index < -0.39 is 44.5 Å². The number of benzene rings is 2. The van der Waals surface area contributed by atoms with Crippen molar-refractivity contribution in [3.05, 3.63) is 79.9 Å². The van der Waals surface area contributed by atoms with Crippen molar-refractivity contribution in [2.24, 2.45) is 0 Å². The number of nitrogens with one attached hydrogen (secondary N) is 4. The standard InChI is InChI=1S/C25H24F4N4O5S/c1-13-4-2-3-5-19(13)39(37,38)33-21-20(22(34)23(21)35)30-14-6-8-15(9-7-14)31-24(36)32-16-10-11-18(26)17(12-16)25(27,28)29/h2-5,10-12,14-15,30,33H,6-9H2,1H3,(H2,31,32,36). The van der Waals surface area contributed by atoms with Crippen molar-refractivity contribution in [2.75, 3.05) is 15.4 Å². The lowest BCUT2D eigenvalue weighted by atomic mass is 9.91. The Bertz CT molecular complexity index is 1570. The van der Waals surface area contributed by atoms with Crippen molar-refractivity contribution in [1.29, 1.82) is 0 Å². The topological polar surface area (TPSA) is 133 Å². The van der Waals surface area contributed by atoms with Gasteiger partial charge in [-0.25, -0.2) is 17.6 Å². The molecule has 1 fully saturated rings. The highest BCUT2D eigenvalue weighted by Crippen LogP contribution is 2.33. The summed E-state index contributed by atoms with van der Waals surface area (Å²) in [4.78, 5) is 36.5. The fraction of sp³-hybridized carbons (Fsp3) is 0.320. The maximum atomic E-state index is 13.4. The molecule has 0 spiro atoms. The minimum Gasteiger partial charge on any atom is -0.377 e. The van der Waals surface area contributed by atoms with Crippen LogP contribution < -0.4 is 31.5 Å². The number of alkyl halides is 3. The van der Waals surface area contributed by atoms with Gasteiger partial charge in [0.2, 0.25) is 0 Å². The van der Waals surface area contributed by atoms with Crippen molar-refractivity contribution in [2.45, 2.75) is 55.8 Å². The van der Waals surface area contributed by atoms with Crippen LogP contribution in [-0.4, -0.2) is 26.5 Å². The zero-order valence-corrected chi connectivity index (χ0v) is 21.3. The van der Waals surface area contributed by atoms with Crippen molar-refractivity contribution in [3.63, 3.8) is 0 Å². The second-order valence-corrected chi connectivity index (χ2v) is 10.9. The fourth-order valence-electron chi connectivity index (χ4n) is 4.43. The van der Waals surface area contributed by atoms with E-state index in [0.717, 1.165) is 6.07 Å². The van der Waals surface area contributed by atoms with Gasteiger partial charge in [-0.15, -0.1) is 0 Å². The van der Waals surface area contributed by atoms with Crippen LogP contribution in [0, 0.1) is 12.7 Å². The molecule has 2 amide bonds. The maximum Gasteiger partial charge on any atom is 0.419 e. The number of urea groups is 1. The predicted molar refractivity (Wildman–Crippen MR) is 137 cm³/mol. The third kappa shape index (κ3) is 6.21. The van der Waals surface area contributed by atoms with Gasteiger partial charge in [-0.1, -0.05) is 18.2 Å². The average Bonchev–Trinajstić information content (AvgIpc) is 2.87. The largest absolute Gasteiger partial charge is 0.419 e. The van der Waals surface area contributed by atoms with Gasteiger partial charge < -0.3 is 16.0 Å². The van der Waals surface area contributed by atoms with Crippen LogP contribution in [0.1, 0.15) is 36.8 Å². The molecule has 0 saturated heterocycles. The smallest absolute Gasteiger partial charge is 0.377 e. The van der Waals surface area contributed by atoms with E-state index in [-0.39, 0.29) is 34.0 Å². The Morgan fingerprint density at radius 2 is 1.54 bits per heavy atom. The van der Waals surface area contributed by atoms with Gasteiger partial charge in [0.15, 0.2) is 0 Å². The lowest BCUT2D eigenvalue weighted by molar-refractivity contribution is -0.139. The van der Waals surface area contributed by atoms with Crippen LogP contribution in [0.2, 0.25) is 0 Å². The monoisotopic (exact) mass is 568 g/mol. The van der Waals surface area contributed by atoms with E-state index in [1.165, 1.54) is 12.1 Å². The molecule has 0 heterocycles. The van der Waals surface area contributed by atoms with Crippen LogP contribution in [0.3, 0.4) is 0 Å². The summed E-state index contributed by atoms with van der Waals surface area (Å²) < 4.78 is 79.8. The number of hydrogen-bond acceptors (Lipinski definition) is 6. The van der Waals surface area contributed by atoms with Crippen LogP contribution in [0.5, 0.6) is 0 Å². The molecule has 3 aromatic carbocycles. The van der Waals surface area contributed by atoms with Crippen LogP contribution in [0.4, 0.5) is 39.4 Å².